The third-order valence-electron chi connectivity index (χ3n) is 2.16. The molecule has 4 nitrogen and oxygen atoms in total. The molecular weight excluding hydrogens is 194 g/mol. The van der Waals surface area contributed by atoms with E-state index in [9.17, 15) is 14.4 Å². The monoisotopic (exact) mass is 213 g/mol. The van der Waals surface area contributed by atoms with Crippen molar-refractivity contribution >= 4 is 17.6 Å². The fourth-order valence-corrected chi connectivity index (χ4v) is 1.29. The summed E-state index contributed by atoms with van der Waals surface area (Å²) < 4.78 is 0. The predicted octanol–water partition coefficient (Wildman–Crippen LogP) is 1.53. The number of carbonyl (C=O) groups excluding carboxylic acids is 3. The molecule has 0 atom stereocenters. The van der Waals surface area contributed by atoms with Crippen LogP contribution >= 0.6 is 0 Å². The molecule has 0 saturated carbocycles. The van der Waals surface area contributed by atoms with Gasteiger partial charge in [-0.15, -0.1) is 0 Å². The summed E-state index contributed by atoms with van der Waals surface area (Å²) in [6, 6.07) is 0. The van der Waals surface area contributed by atoms with Crippen molar-refractivity contribution in [1.82, 2.24) is 4.90 Å². The minimum Gasteiger partial charge on any atom is -0.300 e. The maximum Gasteiger partial charge on any atom is 0.229 e. The van der Waals surface area contributed by atoms with E-state index >= 15 is 0 Å². The SMILES string of the molecule is CC.CCC(=O)CCN1C(=O)CCC1=O. The Hall–Kier alpha value is -1.19. The summed E-state index contributed by atoms with van der Waals surface area (Å²) in [5.74, 6) is -0.199. The molecule has 0 aromatic heterocycles. The number of hydrogen-bond acceptors (Lipinski definition) is 3. The number of nitrogens with zero attached hydrogens (tertiary/aromatic N) is 1. The largest absolute Gasteiger partial charge is 0.300 e. The Balaban J connectivity index is 0.000000921. The summed E-state index contributed by atoms with van der Waals surface area (Å²) in [5, 5.41) is 0. The van der Waals surface area contributed by atoms with Gasteiger partial charge in [0.15, 0.2) is 0 Å². The van der Waals surface area contributed by atoms with Crippen molar-refractivity contribution in [2.75, 3.05) is 6.54 Å². The summed E-state index contributed by atoms with van der Waals surface area (Å²) in [5.41, 5.74) is 0. The van der Waals surface area contributed by atoms with Crippen molar-refractivity contribution in [1.29, 1.82) is 0 Å². The minimum absolute atomic E-state index is 0.0903. The second-order valence-corrected chi connectivity index (χ2v) is 3.08. The quantitative estimate of drug-likeness (QED) is 0.665. The lowest BCUT2D eigenvalue weighted by Gasteiger charge is -2.11. The second-order valence-electron chi connectivity index (χ2n) is 3.08. The topological polar surface area (TPSA) is 54.5 Å². The standard InChI is InChI=1S/C9H13NO3.C2H6/c1-2-7(11)5-6-10-8(12)3-4-9(10)13;1-2/h2-6H2,1H3;1-2H3. The van der Waals surface area contributed by atoms with E-state index in [2.05, 4.69) is 0 Å². The Bertz CT molecular complexity index is 232. The number of Topliss-reactive ketones (excluding diaryl/α,β-unsaturated/α-hetero) is 1. The molecule has 15 heavy (non-hydrogen) atoms. The van der Waals surface area contributed by atoms with E-state index in [1.54, 1.807) is 6.92 Å². The van der Waals surface area contributed by atoms with Gasteiger partial charge in [-0.25, -0.2) is 0 Å². The van der Waals surface area contributed by atoms with Gasteiger partial charge in [-0.1, -0.05) is 20.8 Å². The lowest BCUT2D eigenvalue weighted by atomic mass is 10.2. The number of hydrogen-bond donors (Lipinski definition) is 0. The minimum atomic E-state index is -0.145. The van der Waals surface area contributed by atoms with Crippen LogP contribution in [0.4, 0.5) is 0 Å². The van der Waals surface area contributed by atoms with Crippen LogP contribution in [0, 0.1) is 0 Å². The van der Waals surface area contributed by atoms with Crippen LogP contribution in [0.3, 0.4) is 0 Å². The van der Waals surface area contributed by atoms with Crippen molar-refractivity contribution < 1.29 is 14.4 Å². The van der Waals surface area contributed by atoms with Gasteiger partial charge in [0, 0.05) is 32.2 Å². The molecule has 1 aliphatic rings. The Morgan fingerprint density at radius 3 is 2.07 bits per heavy atom. The third kappa shape index (κ3) is 4.23. The summed E-state index contributed by atoms with van der Waals surface area (Å²) in [6.07, 6.45) is 1.38. The van der Waals surface area contributed by atoms with Crippen LogP contribution < -0.4 is 0 Å². The molecule has 1 saturated heterocycles. The van der Waals surface area contributed by atoms with Crippen LogP contribution in [-0.4, -0.2) is 29.0 Å². The predicted molar refractivity (Wildman–Crippen MR) is 57.2 cm³/mol. The number of carbonyl (C=O) groups is 3. The van der Waals surface area contributed by atoms with Crippen molar-refractivity contribution in [3.05, 3.63) is 0 Å². The molecule has 0 aromatic rings. The number of rotatable bonds is 4. The molecule has 4 heteroatoms. The maximum atomic E-state index is 11.1. The first-order chi connectivity index (χ1) is 7.15. The number of likely N-dealkylation sites (tertiary alicyclic amines) is 1. The summed E-state index contributed by atoms with van der Waals surface area (Å²) >= 11 is 0. The molecule has 2 amide bonds. The molecule has 1 rings (SSSR count). The number of amides is 2. The van der Waals surface area contributed by atoms with Crippen LogP contribution in [0.2, 0.25) is 0 Å². The normalized spacial score (nSPS) is 15.0. The Morgan fingerprint density at radius 2 is 1.67 bits per heavy atom. The lowest BCUT2D eigenvalue weighted by molar-refractivity contribution is -0.138. The van der Waals surface area contributed by atoms with Crippen molar-refractivity contribution in [2.45, 2.75) is 46.5 Å². The van der Waals surface area contributed by atoms with Crippen LogP contribution in [0.5, 0.6) is 0 Å². The van der Waals surface area contributed by atoms with Gasteiger partial charge in [0.05, 0.1) is 0 Å². The van der Waals surface area contributed by atoms with Gasteiger partial charge in [0.25, 0.3) is 0 Å². The summed E-state index contributed by atoms with van der Waals surface area (Å²) in [4.78, 5) is 34.3. The van der Waals surface area contributed by atoms with Gasteiger partial charge >= 0.3 is 0 Å². The van der Waals surface area contributed by atoms with Gasteiger partial charge < -0.3 is 0 Å². The first-order valence-corrected chi connectivity index (χ1v) is 5.50. The highest BCUT2D eigenvalue weighted by atomic mass is 16.2. The molecule has 0 bridgehead atoms. The van der Waals surface area contributed by atoms with Gasteiger partial charge in [0.1, 0.15) is 5.78 Å². The zero-order valence-corrected chi connectivity index (χ0v) is 9.71. The van der Waals surface area contributed by atoms with Crippen molar-refractivity contribution in [2.24, 2.45) is 0 Å². The van der Waals surface area contributed by atoms with E-state index in [4.69, 9.17) is 0 Å². The average Bonchev–Trinajstić information content (AvgIpc) is 2.58. The van der Waals surface area contributed by atoms with Crippen LogP contribution in [0.25, 0.3) is 0 Å². The van der Waals surface area contributed by atoms with Crippen molar-refractivity contribution in [3.63, 3.8) is 0 Å². The zero-order valence-electron chi connectivity index (χ0n) is 9.71. The first-order valence-electron chi connectivity index (χ1n) is 5.50. The lowest BCUT2D eigenvalue weighted by Crippen LogP contribution is -2.31. The highest BCUT2D eigenvalue weighted by Gasteiger charge is 2.28. The highest BCUT2D eigenvalue weighted by molar-refractivity contribution is 6.02. The Labute approximate surface area is 90.6 Å². The Morgan fingerprint density at radius 1 is 1.20 bits per heavy atom. The van der Waals surface area contributed by atoms with E-state index in [1.807, 2.05) is 13.8 Å². The Kier molecular flexibility index (Phi) is 6.58. The molecular formula is C11H19NO3. The molecule has 0 radical (unpaired) electrons. The highest BCUT2D eigenvalue weighted by Crippen LogP contribution is 2.11. The molecule has 86 valence electrons. The van der Waals surface area contributed by atoms with Crippen LogP contribution in [0.1, 0.15) is 46.5 Å². The fraction of sp³-hybridized carbons (Fsp3) is 0.727. The van der Waals surface area contributed by atoms with E-state index in [0.717, 1.165) is 0 Å². The molecule has 1 fully saturated rings. The number of ketones is 1. The van der Waals surface area contributed by atoms with Gasteiger partial charge in [-0.2, -0.15) is 0 Å². The molecule has 1 aliphatic heterocycles. The van der Waals surface area contributed by atoms with Crippen LogP contribution in [0.15, 0.2) is 0 Å². The van der Waals surface area contributed by atoms with E-state index in [1.165, 1.54) is 4.90 Å². The average molecular weight is 213 g/mol. The smallest absolute Gasteiger partial charge is 0.229 e. The number of imide groups is 1. The second kappa shape index (κ2) is 7.15. The van der Waals surface area contributed by atoms with Crippen molar-refractivity contribution in [3.8, 4) is 0 Å². The fourth-order valence-electron chi connectivity index (χ4n) is 1.29. The summed E-state index contributed by atoms with van der Waals surface area (Å²) in [7, 11) is 0. The third-order valence-corrected chi connectivity index (χ3v) is 2.16. The van der Waals surface area contributed by atoms with E-state index in [-0.39, 0.29) is 24.1 Å². The van der Waals surface area contributed by atoms with E-state index in [0.29, 0.717) is 25.7 Å². The molecule has 0 N–H and O–H groups in total. The van der Waals surface area contributed by atoms with Gasteiger partial charge in [0.2, 0.25) is 11.8 Å². The van der Waals surface area contributed by atoms with Crippen LogP contribution in [-0.2, 0) is 14.4 Å². The zero-order chi connectivity index (χ0) is 11.8. The molecule has 0 unspecified atom stereocenters. The molecule has 0 aliphatic carbocycles. The first kappa shape index (κ1) is 13.8. The van der Waals surface area contributed by atoms with E-state index < -0.39 is 0 Å². The molecule has 0 aromatic carbocycles. The van der Waals surface area contributed by atoms with Gasteiger partial charge in [-0.3, -0.25) is 19.3 Å². The summed E-state index contributed by atoms with van der Waals surface area (Å²) in [6.45, 7) is 6.04. The maximum absolute atomic E-state index is 11.1. The molecule has 1 heterocycles. The molecule has 0 spiro atoms. The van der Waals surface area contributed by atoms with Gasteiger partial charge in [-0.05, 0) is 0 Å².